The summed E-state index contributed by atoms with van der Waals surface area (Å²) in [7, 11) is 0. The van der Waals surface area contributed by atoms with E-state index in [0.29, 0.717) is 29.9 Å². The summed E-state index contributed by atoms with van der Waals surface area (Å²) >= 11 is 0. The van der Waals surface area contributed by atoms with Crippen molar-refractivity contribution in [3.05, 3.63) is 36.1 Å². The van der Waals surface area contributed by atoms with Gasteiger partial charge in [0, 0.05) is 5.70 Å². The highest BCUT2D eigenvalue weighted by Gasteiger charge is 2.22. The molecule has 0 aliphatic carbocycles. The smallest absolute Gasteiger partial charge is 0.293 e. The minimum Gasteiger partial charge on any atom is -0.464 e. The van der Waals surface area contributed by atoms with E-state index >= 15 is 0 Å². The molecule has 0 aromatic heterocycles. The highest BCUT2D eigenvalue weighted by atomic mass is 16.5. The maximum atomic E-state index is 10.4. The van der Waals surface area contributed by atoms with Gasteiger partial charge in [-0.2, -0.15) is 0 Å². The number of carbonyl (C=O) groups excluding carboxylic acids is 1. The number of ether oxygens (including phenoxy) is 1. The minimum absolute atomic E-state index is 0.0856. The molecule has 0 saturated heterocycles. The molecule has 0 aliphatic rings. The van der Waals surface area contributed by atoms with E-state index in [-0.39, 0.29) is 6.10 Å². The van der Waals surface area contributed by atoms with E-state index in [9.17, 15) is 4.79 Å². The normalized spacial score (nSPS) is 15.8. The molecule has 0 aromatic rings. The number of rotatable bonds is 10. The highest BCUT2D eigenvalue weighted by Crippen LogP contribution is 2.23. The third kappa shape index (κ3) is 13.0. The van der Waals surface area contributed by atoms with Gasteiger partial charge in [-0.3, -0.25) is 4.79 Å². The molecule has 0 fully saturated rings. The summed E-state index contributed by atoms with van der Waals surface area (Å²) in [5.74, 6) is 1.62. The third-order valence-electron chi connectivity index (χ3n) is 4.55. The molecule has 0 radical (unpaired) electrons. The van der Waals surface area contributed by atoms with Crippen LogP contribution < -0.4 is 5.73 Å². The molecule has 0 aliphatic heterocycles. The zero-order chi connectivity index (χ0) is 19.1. The predicted octanol–water partition coefficient (Wildman–Crippen LogP) is 5.63. The van der Waals surface area contributed by atoms with Crippen molar-refractivity contribution in [1.82, 2.24) is 0 Å². The number of hydrogen-bond donors (Lipinski definition) is 1. The van der Waals surface area contributed by atoms with Gasteiger partial charge in [0.2, 0.25) is 0 Å². The largest absolute Gasteiger partial charge is 0.464 e. The van der Waals surface area contributed by atoms with Crippen molar-refractivity contribution in [3.8, 4) is 0 Å². The van der Waals surface area contributed by atoms with Crippen molar-refractivity contribution in [2.24, 2.45) is 23.5 Å². The van der Waals surface area contributed by atoms with E-state index in [1.807, 2.05) is 12.2 Å². The molecule has 0 heterocycles. The van der Waals surface area contributed by atoms with Gasteiger partial charge in [-0.05, 0) is 49.7 Å². The van der Waals surface area contributed by atoms with Gasteiger partial charge in [0.15, 0.2) is 0 Å². The molecular formula is C21H39NO2. The second-order valence-corrected chi connectivity index (χ2v) is 6.86. The molecule has 140 valence electrons. The molecule has 3 atom stereocenters. The molecule has 0 saturated carbocycles. The van der Waals surface area contributed by atoms with Crippen LogP contribution in [0, 0.1) is 17.8 Å². The Morgan fingerprint density at radius 3 is 2.12 bits per heavy atom. The summed E-state index contributed by atoms with van der Waals surface area (Å²) < 4.78 is 5.16. The molecule has 0 rings (SSSR count). The van der Waals surface area contributed by atoms with E-state index in [2.05, 4.69) is 55.0 Å². The molecule has 24 heavy (non-hydrogen) atoms. The van der Waals surface area contributed by atoms with Gasteiger partial charge in [-0.15, -0.1) is 0 Å². The summed E-state index contributed by atoms with van der Waals surface area (Å²) in [5, 5.41) is 0. The molecule has 0 aromatic carbocycles. The van der Waals surface area contributed by atoms with Crippen LogP contribution in [-0.4, -0.2) is 12.6 Å². The summed E-state index contributed by atoms with van der Waals surface area (Å²) in [6.45, 7) is 19.2. The molecule has 0 spiro atoms. The first kappa shape index (κ1) is 24.7. The first-order valence-corrected chi connectivity index (χ1v) is 9.07. The van der Waals surface area contributed by atoms with Crippen LogP contribution in [0.4, 0.5) is 0 Å². The second-order valence-electron chi connectivity index (χ2n) is 6.86. The van der Waals surface area contributed by atoms with Crippen LogP contribution in [0.3, 0.4) is 0 Å². The zero-order valence-corrected chi connectivity index (χ0v) is 16.8. The summed E-state index contributed by atoms with van der Waals surface area (Å²) in [6.07, 6.45) is 8.80. The van der Waals surface area contributed by atoms with Crippen molar-refractivity contribution in [1.29, 1.82) is 0 Å². The molecule has 3 nitrogen and oxygen atoms in total. The van der Waals surface area contributed by atoms with E-state index in [1.54, 1.807) is 6.08 Å². The predicted molar refractivity (Wildman–Crippen MR) is 106 cm³/mol. The van der Waals surface area contributed by atoms with Gasteiger partial charge >= 0.3 is 0 Å². The van der Waals surface area contributed by atoms with Gasteiger partial charge in [-0.25, -0.2) is 0 Å². The Morgan fingerprint density at radius 2 is 1.75 bits per heavy atom. The van der Waals surface area contributed by atoms with Gasteiger partial charge in [0.25, 0.3) is 6.47 Å². The zero-order valence-electron chi connectivity index (χ0n) is 16.8. The highest BCUT2D eigenvalue weighted by molar-refractivity contribution is 5.37. The van der Waals surface area contributed by atoms with Crippen LogP contribution in [-0.2, 0) is 9.53 Å². The lowest BCUT2D eigenvalue weighted by molar-refractivity contribution is -0.137. The maximum absolute atomic E-state index is 10.4. The monoisotopic (exact) mass is 337 g/mol. The van der Waals surface area contributed by atoms with Crippen molar-refractivity contribution >= 4 is 6.47 Å². The lowest BCUT2D eigenvalue weighted by Gasteiger charge is -2.27. The average Bonchev–Trinajstić information content (AvgIpc) is 2.58. The molecule has 0 amide bonds. The van der Waals surface area contributed by atoms with E-state index in [1.165, 1.54) is 5.57 Å². The minimum atomic E-state index is 0.0856. The SMILES string of the molecule is C=C/C(N)=C\C=C(\C)CC.CC[C@@H](C)CC(OC=O)C(C)C(C)C. The fourth-order valence-electron chi connectivity index (χ4n) is 1.88. The summed E-state index contributed by atoms with van der Waals surface area (Å²) in [5.41, 5.74) is 7.51. The average molecular weight is 338 g/mol. The molecule has 2 N–H and O–H groups in total. The molecule has 3 heteroatoms. The fourth-order valence-corrected chi connectivity index (χ4v) is 1.88. The van der Waals surface area contributed by atoms with Crippen LogP contribution in [0.1, 0.15) is 67.7 Å². The van der Waals surface area contributed by atoms with Crippen LogP contribution in [0.25, 0.3) is 0 Å². The van der Waals surface area contributed by atoms with Crippen LogP contribution in [0.2, 0.25) is 0 Å². The molecular weight excluding hydrogens is 298 g/mol. The Morgan fingerprint density at radius 1 is 1.17 bits per heavy atom. The third-order valence-corrected chi connectivity index (χ3v) is 4.55. The molecule has 2 unspecified atom stereocenters. The standard InChI is InChI=1S/C12H24O2.C9H15N/c1-6-10(4)7-12(14-8-13)11(5)9(2)3;1-4-8(3)6-7-9(10)5-2/h8-12H,6-7H2,1-5H3;5-7H,2,4,10H2,1,3H3/b;8-6-,9-7+/t10-,11?,12?;/m1./s1. The fraction of sp³-hybridized carbons (Fsp3) is 0.667. The number of hydrogen-bond acceptors (Lipinski definition) is 3. The van der Waals surface area contributed by atoms with Gasteiger partial charge in [0.05, 0.1) is 0 Å². The van der Waals surface area contributed by atoms with E-state index in [0.717, 1.165) is 19.3 Å². The van der Waals surface area contributed by atoms with Crippen molar-refractivity contribution in [3.63, 3.8) is 0 Å². The van der Waals surface area contributed by atoms with Crippen LogP contribution in [0.5, 0.6) is 0 Å². The van der Waals surface area contributed by atoms with Crippen molar-refractivity contribution in [2.75, 3.05) is 0 Å². The van der Waals surface area contributed by atoms with Gasteiger partial charge in [-0.1, -0.05) is 66.2 Å². The first-order chi connectivity index (χ1) is 11.2. The topological polar surface area (TPSA) is 52.3 Å². The Bertz CT molecular complexity index is 397. The number of allylic oxidation sites excluding steroid dienone is 4. The lowest BCUT2D eigenvalue weighted by Crippen LogP contribution is -2.27. The first-order valence-electron chi connectivity index (χ1n) is 9.07. The summed E-state index contributed by atoms with van der Waals surface area (Å²) in [6, 6.07) is 0. The van der Waals surface area contributed by atoms with Crippen LogP contribution in [0.15, 0.2) is 36.1 Å². The molecule has 0 bridgehead atoms. The number of carbonyl (C=O) groups is 1. The Balaban J connectivity index is 0. The number of nitrogens with two attached hydrogens (primary N) is 1. The maximum Gasteiger partial charge on any atom is 0.293 e. The van der Waals surface area contributed by atoms with Gasteiger partial charge < -0.3 is 10.5 Å². The van der Waals surface area contributed by atoms with Crippen molar-refractivity contribution < 1.29 is 9.53 Å². The van der Waals surface area contributed by atoms with E-state index in [4.69, 9.17) is 10.5 Å². The van der Waals surface area contributed by atoms with E-state index < -0.39 is 0 Å². The van der Waals surface area contributed by atoms with Gasteiger partial charge in [0.1, 0.15) is 6.10 Å². The Labute approximate surface area is 150 Å². The Kier molecular flexibility index (Phi) is 15.5. The van der Waals surface area contributed by atoms with Crippen LogP contribution >= 0.6 is 0 Å². The van der Waals surface area contributed by atoms with Crippen molar-refractivity contribution in [2.45, 2.75) is 73.8 Å². The Hall–Kier alpha value is -1.51. The quantitative estimate of drug-likeness (QED) is 0.415. The summed E-state index contributed by atoms with van der Waals surface area (Å²) in [4.78, 5) is 10.4. The second kappa shape index (κ2) is 15.0. The lowest BCUT2D eigenvalue weighted by atomic mass is 9.86.